The number of anilines is 1. The number of aromatic nitrogens is 1. The lowest BCUT2D eigenvalue weighted by Crippen LogP contribution is -2.39. The standard InChI is InChI=1S/C15H13N3O4/c19-14(10-11-4-1-2-5-12(11)18(20)21)17-8-9-22-15-13(17)6-3-7-16-15/h1-7H,8-10H2. The molecule has 1 aromatic carbocycles. The van der Waals surface area contributed by atoms with Crippen molar-refractivity contribution in [2.24, 2.45) is 0 Å². The van der Waals surface area contributed by atoms with Crippen LogP contribution in [0.2, 0.25) is 0 Å². The number of nitrogens with zero attached hydrogens (tertiary/aromatic N) is 3. The molecule has 1 aromatic heterocycles. The molecule has 1 aliphatic rings. The fourth-order valence-electron chi connectivity index (χ4n) is 2.41. The number of carbonyl (C=O) groups excluding carboxylic acids is 1. The highest BCUT2D eigenvalue weighted by atomic mass is 16.6. The number of pyridine rings is 1. The molecule has 0 bridgehead atoms. The van der Waals surface area contributed by atoms with Crippen molar-refractivity contribution in [3.63, 3.8) is 0 Å². The Morgan fingerprint density at radius 2 is 2.14 bits per heavy atom. The lowest BCUT2D eigenvalue weighted by molar-refractivity contribution is -0.385. The van der Waals surface area contributed by atoms with Crippen LogP contribution >= 0.6 is 0 Å². The van der Waals surface area contributed by atoms with Crippen LogP contribution < -0.4 is 9.64 Å². The first-order valence-electron chi connectivity index (χ1n) is 6.77. The molecule has 7 nitrogen and oxygen atoms in total. The Kier molecular flexibility index (Phi) is 3.69. The van der Waals surface area contributed by atoms with Crippen LogP contribution in [0.1, 0.15) is 5.56 Å². The third-order valence-electron chi connectivity index (χ3n) is 3.43. The van der Waals surface area contributed by atoms with Crippen molar-refractivity contribution in [1.82, 2.24) is 4.98 Å². The summed E-state index contributed by atoms with van der Waals surface area (Å²) >= 11 is 0. The van der Waals surface area contributed by atoms with E-state index in [0.29, 0.717) is 30.3 Å². The maximum atomic E-state index is 12.5. The number of fused-ring (bicyclic) bond motifs is 1. The largest absolute Gasteiger partial charge is 0.474 e. The molecule has 0 spiro atoms. The first-order valence-corrected chi connectivity index (χ1v) is 6.77. The van der Waals surface area contributed by atoms with E-state index in [4.69, 9.17) is 4.74 Å². The minimum atomic E-state index is -0.475. The van der Waals surface area contributed by atoms with E-state index in [0.717, 1.165) is 0 Å². The molecule has 0 aliphatic carbocycles. The highest BCUT2D eigenvalue weighted by Gasteiger charge is 2.26. The summed E-state index contributed by atoms with van der Waals surface area (Å²) in [6.07, 6.45) is 1.56. The fourth-order valence-corrected chi connectivity index (χ4v) is 2.41. The molecule has 0 N–H and O–H groups in total. The topological polar surface area (TPSA) is 85.6 Å². The van der Waals surface area contributed by atoms with E-state index in [1.165, 1.54) is 6.07 Å². The molecule has 3 rings (SSSR count). The van der Waals surface area contributed by atoms with Crippen molar-refractivity contribution in [3.05, 3.63) is 58.3 Å². The van der Waals surface area contributed by atoms with Gasteiger partial charge in [0.15, 0.2) is 0 Å². The van der Waals surface area contributed by atoms with Crippen molar-refractivity contribution < 1.29 is 14.5 Å². The van der Waals surface area contributed by atoms with Gasteiger partial charge in [-0.2, -0.15) is 0 Å². The number of ether oxygens (including phenoxy) is 1. The Balaban J connectivity index is 1.86. The van der Waals surface area contributed by atoms with Gasteiger partial charge in [-0.15, -0.1) is 0 Å². The minimum absolute atomic E-state index is 0.0362. The van der Waals surface area contributed by atoms with Gasteiger partial charge in [-0.05, 0) is 12.1 Å². The van der Waals surface area contributed by atoms with Crippen LogP contribution in [0.3, 0.4) is 0 Å². The van der Waals surface area contributed by atoms with Crippen LogP contribution in [0, 0.1) is 10.1 Å². The Morgan fingerprint density at radius 3 is 2.95 bits per heavy atom. The summed E-state index contributed by atoms with van der Waals surface area (Å²) < 4.78 is 5.40. The third-order valence-corrected chi connectivity index (χ3v) is 3.43. The van der Waals surface area contributed by atoms with E-state index in [1.807, 2.05) is 0 Å². The van der Waals surface area contributed by atoms with Gasteiger partial charge in [0.2, 0.25) is 11.8 Å². The molecule has 0 fully saturated rings. The highest BCUT2D eigenvalue weighted by molar-refractivity contribution is 5.96. The molecular formula is C15H13N3O4. The minimum Gasteiger partial charge on any atom is -0.474 e. The quantitative estimate of drug-likeness (QED) is 0.639. The van der Waals surface area contributed by atoms with Gasteiger partial charge in [-0.3, -0.25) is 14.9 Å². The zero-order valence-corrected chi connectivity index (χ0v) is 11.6. The normalized spacial score (nSPS) is 13.2. The first kappa shape index (κ1) is 14.0. The number of nitro benzene ring substituents is 1. The number of hydrogen-bond donors (Lipinski definition) is 0. The van der Waals surface area contributed by atoms with E-state index in [9.17, 15) is 14.9 Å². The van der Waals surface area contributed by atoms with Crippen LogP contribution in [-0.4, -0.2) is 29.0 Å². The Labute approximate surface area is 126 Å². The summed E-state index contributed by atoms with van der Waals surface area (Å²) in [5.41, 5.74) is 0.947. The molecule has 2 heterocycles. The molecule has 2 aromatic rings. The van der Waals surface area contributed by atoms with Gasteiger partial charge in [0.05, 0.1) is 17.9 Å². The van der Waals surface area contributed by atoms with Crippen molar-refractivity contribution in [1.29, 1.82) is 0 Å². The Bertz CT molecular complexity index is 732. The molecule has 0 saturated heterocycles. The van der Waals surface area contributed by atoms with Crippen LogP contribution in [0.15, 0.2) is 42.6 Å². The molecule has 7 heteroatoms. The maximum absolute atomic E-state index is 12.5. The molecule has 1 aliphatic heterocycles. The highest BCUT2D eigenvalue weighted by Crippen LogP contribution is 2.29. The Hall–Kier alpha value is -2.96. The van der Waals surface area contributed by atoms with Gasteiger partial charge in [0.25, 0.3) is 5.69 Å². The predicted octanol–water partition coefficient (Wildman–Crippen LogP) is 1.96. The van der Waals surface area contributed by atoms with Gasteiger partial charge in [-0.25, -0.2) is 4.98 Å². The molecule has 0 saturated carbocycles. The van der Waals surface area contributed by atoms with Crippen LogP contribution in [0.25, 0.3) is 0 Å². The van der Waals surface area contributed by atoms with Crippen LogP contribution in [0.4, 0.5) is 11.4 Å². The second-order valence-electron chi connectivity index (χ2n) is 4.78. The number of carbonyl (C=O) groups is 1. The van der Waals surface area contributed by atoms with Crippen molar-refractivity contribution in [3.8, 4) is 5.88 Å². The second kappa shape index (κ2) is 5.80. The van der Waals surface area contributed by atoms with E-state index in [1.54, 1.807) is 41.4 Å². The number of hydrogen-bond acceptors (Lipinski definition) is 5. The Morgan fingerprint density at radius 1 is 1.32 bits per heavy atom. The van der Waals surface area contributed by atoms with Gasteiger partial charge >= 0.3 is 0 Å². The SMILES string of the molecule is O=C(Cc1ccccc1[N+](=O)[O-])N1CCOc2ncccc21. The molecule has 0 unspecified atom stereocenters. The lowest BCUT2D eigenvalue weighted by Gasteiger charge is -2.28. The van der Waals surface area contributed by atoms with Crippen molar-refractivity contribution in [2.45, 2.75) is 6.42 Å². The van der Waals surface area contributed by atoms with Gasteiger partial charge in [0, 0.05) is 17.8 Å². The number of amides is 1. The van der Waals surface area contributed by atoms with Gasteiger partial charge in [-0.1, -0.05) is 18.2 Å². The summed E-state index contributed by atoms with van der Waals surface area (Å²) in [6, 6.07) is 9.74. The third kappa shape index (κ3) is 2.60. The number of para-hydroxylation sites is 1. The second-order valence-corrected chi connectivity index (χ2v) is 4.78. The van der Waals surface area contributed by atoms with E-state index in [2.05, 4.69) is 4.98 Å². The van der Waals surface area contributed by atoms with E-state index in [-0.39, 0.29) is 18.0 Å². The molecule has 1 amide bonds. The first-order chi connectivity index (χ1) is 10.7. The molecule has 0 radical (unpaired) electrons. The zero-order valence-electron chi connectivity index (χ0n) is 11.6. The van der Waals surface area contributed by atoms with Crippen LogP contribution in [-0.2, 0) is 11.2 Å². The average Bonchev–Trinajstić information content (AvgIpc) is 2.54. The summed E-state index contributed by atoms with van der Waals surface area (Å²) in [6.45, 7) is 0.755. The van der Waals surface area contributed by atoms with E-state index >= 15 is 0 Å². The lowest BCUT2D eigenvalue weighted by atomic mass is 10.1. The molecular weight excluding hydrogens is 286 g/mol. The number of benzene rings is 1. The smallest absolute Gasteiger partial charge is 0.273 e. The number of nitro groups is 1. The maximum Gasteiger partial charge on any atom is 0.273 e. The summed E-state index contributed by atoms with van der Waals surface area (Å²) in [5.74, 6) is 0.191. The van der Waals surface area contributed by atoms with Crippen molar-refractivity contribution >= 4 is 17.3 Å². The summed E-state index contributed by atoms with van der Waals surface area (Å²) in [4.78, 5) is 28.7. The van der Waals surface area contributed by atoms with Gasteiger partial charge < -0.3 is 9.64 Å². The predicted molar refractivity (Wildman–Crippen MR) is 78.9 cm³/mol. The fraction of sp³-hybridized carbons (Fsp3) is 0.200. The summed E-state index contributed by atoms with van der Waals surface area (Å²) in [7, 11) is 0. The average molecular weight is 299 g/mol. The monoisotopic (exact) mass is 299 g/mol. The number of rotatable bonds is 3. The molecule has 112 valence electrons. The molecule has 0 atom stereocenters. The molecule has 22 heavy (non-hydrogen) atoms. The zero-order chi connectivity index (χ0) is 15.5. The van der Waals surface area contributed by atoms with Gasteiger partial charge in [0.1, 0.15) is 12.3 Å². The van der Waals surface area contributed by atoms with Crippen LogP contribution in [0.5, 0.6) is 5.88 Å². The van der Waals surface area contributed by atoms with Crippen molar-refractivity contribution in [2.75, 3.05) is 18.1 Å². The van der Waals surface area contributed by atoms with E-state index < -0.39 is 4.92 Å². The summed E-state index contributed by atoms with van der Waals surface area (Å²) in [5, 5.41) is 11.0.